The highest BCUT2D eigenvalue weighted by Gasteiger charge is 2.22. The summed E-state index contributed by atoms with van der Waals surface area (Å²) in [5, 5.41) is 9.12. The van der Waals surface area contributed by atoms with Crippen molar-refractivity contribution >= 4 is 15.9 Å². The normalized spacial score (nSPS) is 12.4. The van der Waals surface area contributed by atoms with E-state index in [1.807, 2.05) is 0 Å². The molecule has 1 aromatic carbocycles. The second-order valence-electron chi connectivity index (χ2n) is 5.49. The number of aryl methyl sites for hydroxylation is 1. The molecule has 20 heavy (non-hydrogen) atoms. The van der Waals surface area contributed by atoms with E-state index >= 15 is 0 Å². The summed E-state index contributed by atoms with van der Waals surface area (Å²) in [7, 11) is -3.75. The van der Waals surface area contributed by atoms with Crippen molar-refractivity contribution in [2.24, 2.45) is 11.1 Å². The Balaban J connectivity index is 3.05. The zero-order valence-electron chi connectivity index (χ0n) is 11.8. The molecule has 0 aliphatic heterocycles. The summed E-state index contributed by atoms with van der Waals surface area (Å²) in [4.78, 5) is 11.2. The zero-order chi connectivity index (χ0) is 15.6. The third-order valence-electron chi connectivity index (χ3n) is 2.95. The van der Waals surface area contributed by atoms with E-state index < -0.39 is 21.3 Å². The predicted molar refractivity (Wildman–Crippen MR) is 75.8 cm³/mol. The van der Waals surface area contributed by atoms with E-state index in [0.29, 0.717) is 5.56 Å². The number of amides is 1. The van der Waals surface area contributed by atoms with Crippen molar-refractivity contribution in [2.75, 3.05) is 13.2 Å². The number of sulfonamides is 1. The summed E-state index contributed by atoms with van der Waals surface area (Å²) in [6, 6.07) is 4.20. The van der Waals surface area contributed by atoms with Crippen LogP contribution < -0.4 is 10.5 Å². The molecule has 112 valence electrons. The van der Waals surface area contributed by atoms with Crippen LogP contribution in [0.5, 0.6) is 0 Å². The minimum atomic E-state index is -3.75. The number of carbonyl (C=O) groups is 1. The first-order chi connectivity index (χ1) is 9.09. The lowest BCUT2D eigenvalue weighted by Gasteiger charge is -2.21. The van der Waals surface area contributed by atoms with Crippen LogP contribution in [0.1, 0.15) is 29.8 Å². The van der Waals surface area contributed by atoms with Crippen LogP contribution in [0, 0.1) is 12.3 Å². The molecule has 0 aliphatic carbocycles. The van der Waals surface area contributed by atoms with Crippen LogP contribution in [0.4, 0.5) is 0 Å². The van der Waals surface area contributed by atoms with Crippen LogP contribution in [0.2, 0.25) is 0 Å². The summed E-state index contributed by atoms with van der Waals surface area (Å²) in [6.45, 7) is 5.10. The highest BCUT2D eigenvalue weighted by molar-refractivity contribution is 7.89. The van der Waals surface area contributed by atoms with E-state index in [1.165, 1.54) is 18.2 Å². The average molecular weight is 300 g/mol. The Hall–Kier alpha value is -1.44. The van der Waals surface area contributed by atoms with Crippen molar-refractivity contribution in [3.05, 3.63) is 29.3 Å². The first-order valence-corrected chi connectivity index (χ1v) is 7.58. The maximum absolute atomic E-state index is 12.1. The number of hydrogen-bond donors (Lipinski definition) is 3. The fourth-order valence-corrected chi connectivity index (χ4v) is 2.73. The van der Waals surface area contributed by atoms with Crippen LogP contribution in [0.3, 0.4) is 0 Å². The molecule has 0 unspecified atom stereocenters. The van der Waals surface area contributed by atoms with Gasteiger partial charge in [-0.15, -0.1) is 0 Å². The van der Waals surface area contributed by atoms with Crippen molar-refractivity contribution in [1.82, 2.24) is 4.72 Å². The van der Waals surface area contributed by atoms with E-state index in [9.17, 15) is 13.2 Å². The van der Waals surface area contributed by atoms with E-state index in [2.05, 4.69) is 4.72 Å². The predicted octanol–water partition coefficient (Wildman–Crippen LogP) is 0.391. The van der Waals surface area contributed by atoms with E-state index in [-0.39, 0.29) is 23.6 Å². The van der Waals surface area contributed by atoms with Gasteiger partial charge in [0.15, 0.2) is 0 Å². The molecule has 0 heterocycles. The van der Waals surface area contributed by atoms with E-state index in [1.54, 1.807) is 20.8 Å². The number of benzene rings is 1. The molecule has 1 rings (SSSR count). The first-order valence-electron chi connectivity index (χ1n) is 6.10. The quantitative estimate of drug-likeness (QED) is 0.706. The second-order valence-corrected chi connectivity index (χ2v) is 7.25. The van der Waals surface area contributed by atoms with Crippen molar-refractivity contribution in [1.29, 1.82) is 0 Å². The molecule has 1 aromatic rings. The van der Waals surface area contributed by atoms with E-state index in [4.69, 9.17) is 10.8 Å². The molecule has 0 spiro atoms. The van der Waals surface area contributed by atoms with Crippen molar-refractivity contribution in [3.8, 4) is 0 Å². The molecule has 4 N–H and O–H groups in total. The Morgan fingerprint density at radius 3 is 2.50 bits per heavy atom. The Bertz CT molecular complexity index is 609. The minimum absolute atomic E-state index is 0.0226. The number of aliphatic hydroxyl groups is 1. The second kappa shape index (κ2) is 5.90. The third kappa shape index (κ3) is 4.03. The van der Waals surface area contributed by atoms with Gasteiger partial charge in [-0.3, -0.25) is 4.79 Å². The fourth-order valence-electron chi connectivity index (χ4n) is 1.46. The van der Waals surface area contributed by atoms with Gasteiger partial charge in [0.25, 0.3) is 0 Å². The third-order valence-corrected chi connectivity index (χ3v) is 4.35. The highest BCUT2D eigenvalue weighted by atomic mass is 32.2. The van der Waals surface area contributed by atoms with Crippen LogP contribution in [0.15, 0.2) is 23.1 Å². The van der Waals surface area contributed by atoms with Gasteiger partial charge in [0, 0.05) is 24.1 Å². The average Bonchev–Trinajstić information content (AvgIpc) is 2.36. The number of primary amides is 1. The van der Waals surface area contributed by atoms with Gasteiger partial charge in [0.2, 0.25) is 15.9 Å². The summed E-state index contributed by atoms with van der Waals surface area (Å²) in [6.07, 6.45) is 0. The maximum Gasteiger partial charge on any atom is 0.249 e. The Kier molecular flexibility index (Phi) is 4.90. The minimum Gasteiger partial charge on any atom is -0.396 e. The molecule has 0 saturated heterocycles. The smallest absolute Gasteiger partial charge is 0.249 e. The van der Waals surface area contributed by atoms with Crippen LogP contribution >= 0.6 is 0 Å². The lowest BCUT2D eigenvalue weighted by atomic mass is 9.96. The Morgan fingerprint density at radius 2 is 2.00 bits per heavy atom. The van der Waals surface area contributed by atoms with Gasteiger partial charge in [0.05, 0.1) is 4.90 Å². The fraction of sp³-hybridized carbons (Fsp3) is 0.462. The van der Waals surface area contributed by atoms with Gasteiger partial charge >= 0.3 is 0 Å². The van der Waals surface area contributed by atoms with Gasteiger partial charge < -0.3 is 10.8 Å². The molecule has 0 bridgehead atoms. The largest absolute Gasteiger partial charge is 0.396 e. The summed E-state index contributed by atoms with van der Waals surface area (Å²) < 4.78 is 26.7. The molecule has 0 fully saturated rings. The molecule has 0 atom stereocenters. The number of carbonyl (C=O) groups excluding carboxylic acids is 1. The van der Waals surface area contributed by atoms with Gasteiger partial charge in [-0.2, -0.15) is 0 Å². The van der Waals surface area contributed by atoms with Gasteiger partial charge in [0.1, 0.15) is 0 Å². The number of rotatable bonds is 6. The standard InChI is InChI=1S/C13H20N2O4S/c1-9-4-5-10(6-11(9)12(14)17)20(18,19)15-7-13(2,3)8-16/h4-6,15-16H,7-8H2,1-3H3,(H2,14,17). The number of nitrogens with one attached hydrogen (secondary N) is 1. The molecule has 7 heteroatoms. The molecule has 6 nitrogen and oxygen atoms in total. The topological polar surface area (TPSA) is 109 Å². The summed E-state index contributed by atoms with van der Waals surface area (Å²) in [5.41, 5.74) is 5.43. The molecule has 0 aromatic heterocycles. The molecular weight excluding hydrogens is 280 g/mol. The number of nitrogens with two attached hydrogens (primary N) is 1. The van der Waals surface area contributed by atoms with Crippen LogP contribution in [-0.4, -0.2) is 32.6 Å². The van der Waals surface area contributed by atoms with E-state index in [0.717, 1.165) is 0 Å². The van der Waals surface area contributed by atoms with Crippen molar-refractivity contribution in [2.45, 2.75) is 25.7 Å². The van der Waals surface area contributed by atoms with Crippen LogP contribution in [0.25, 0.3) is 0 Å². The molecular formula is C13H20N2O4S. The highest BCUT2D eigenvalue weighted by Crippen LogP contribution is 2.17. The summed E-state index contributed by atoms with van der Waals surface area (Å²) in [5.74, 6) is -0.671. The molecule has 1 amide bonds. The maximum atomic E-state index is 12.1. The zero-order valence-corrected chi connectivity index (χ0v) is 12.6. The summed E-state index contributed by atoms with van der Waals surface area (Å²) >= 11 is 0. The van der Waals surface area contributed by atoms with Crippen LogP contribution in [-0.2, 0) is 10.0 Å². The monoisotopic (exact) mass is 300 g/mol. The van der Waals surface area contributed by atoms with Crippen molar-refractivity contribution < 1.29 is 18.3 Å². The number of aliphatic hydroxyl groups excluding tert-OH is 1. The van der Waals surface area contributed by atoms with Gasteiger partial charge in [-0.25, -0.2) is 13.1 Å². The first kappa shape index (κ1) is 16.6. The molecule has 0 aliphatic rings. The Morgan fingerprint density at radius 1 is 1.40 bits per heavy atom. The lowest BCUT2D eigenvalue weighted by Crippen LogP contribution is -2.36. The number of hydrogen-bond acceptors (Lipinski definition) is 4. The van der Waals surface area contributed by atoms with Crippen molar-refractivity contribution in [3.63, 3.8) is 0 Å². The molecule has 0 saturated carbocycles. The van der Waals surface area contributed by atoms with Gasteiger partial charge in [-0.1, -0.05) is 19.9 Å². The lowest BCUT2D eigenvalue weighted by molar-refractivity contribution is 0.0999. The SMILES string of the molecule is Cc1ccc(S(=O)(=O)NCC(C)(C)CO)cc1C(N)=O. The Labute approximate surface area is 119 Å². The molecule has 0 radical (unpaired) electrons. The van der Waals surface area contributed by atoms with Gasteiger partial charge in [-0.05, 0) is 24.6 Å².